The molecule has 1 saturated heterocycles. The molecule has 1 aliphatic heterocycles. The van der Waals surface area contributed by atoms with E-state index in [0.29, 0.717) is 12.1 Å². The lowest BCUT2D eigenvalue weighted by atomic mass is 10.1. The van der Waals surface area contributed by atoms with Gasteiger partial charge in [0, 0.05) is 24.8 Å². The molecule has 0 amide bonds. The van der Waals surface area contributed by atoms with Gasteiger partial charge in [-0.2, -0.15) is 0 Å². The van der Waals surface area contributed by atoms with Gasteiger partial charge in [0.1, 0.15) is 0 Å². The third kappa shape index (κ3) is 3.95. The normalized spacial score (nSPS) is 23.6. The van der Waals surface area contributed by atoms with Crippen LogP contribution in [-0.2, 0) is 11.3 Å². The quantitative estimate of drug-likeness (QED) is 0.826. The van der Waals surface area contributed by atoms with Gasteiger partial charge >= 0.3 is 0 Å². The number of rotatable bonds is 5. The lowest BCUT2D eigenvalue weighted by Crippen LogP contribution is -2.47. The Labute approximate surface area is 116 Å². The Balaban J connectivity index is 1.97. The van der Waals surface area contributed by atoms with Gasteiger partial charge < -0.3 is 15.0 Å². The minimum atomic E-state index is 0.321. The molecule has 2 unspecified atom stereocenters. The van der Waals surface area contributed by atoms with Crippen LogP contribution in [0.2, 0.25) is 0 Å². The molecule has 3 heteroatoms. The van der Waals surface area contributed by atoms with Gasteiger partial charge in [-0.3, -0.25) is 0 Å². The summed E-state index contributed by atoms with van der Waals surface area (Å²) in [4.78, 5) is 2.44. The minimum absolute atomic E-state index is 0.321. The summed E-state index contributed by atoms with van der Waals surface area (Å²) in [5.41, 5.74) is 2.66. The number of morpholine rings is 1. The summed E-state index contributed by atoms with van der Waals surface area (Å²) in [5, 5.41) is 3.43. The van der Waals surface area contributed by atoms with Crippen LogP contribution in [0, 0.1) is 0 Å². The predicted octanol–water partition coefficient (Wildman–Crippen LogP) is 2.80. The number of hydrogen-bond acceptors (Lipinski definition) is 3. The fraction of sp³-hybridized carbons (Fsp3) is 0.625. The topological polar surface area (TPSA) is 24.5 Å². The van der Waals surface area contributed by atoms with Crippen molar-refractivity contribution in [3.05, 3.63) is 29.8 Å². The third-order valence-electron chi connectivity index (χ3n) is 3.63. The summed E-state index contributed by atoms with van der Waals surface area (Å²) >= 11 is 0. The fourth-order valence-electron chi connectivity index (χ4n) is 2.48. The summed E-state index contributed by atoms with van der Waals surface area (Å²) in [6.45, 7) is 10.4. The second kappa shape index (κ2) is 6.92. The molecule has 0 bridgehead atoms. The second-order valence-electron chi connectivity index (χ2n) is 5.49. The smallest absolute Gasteiger partial charge is 0.0723 e. The first-order chi connectivity index (χ1) is 9.20. The van der Waals surface area contributed by atoms with Gasteiger partial charge in [-0.15, -0.1) is 0 Å². The van der Waals surface area contributed by atoms with E-state index >= 15 is 0 Å². The highest BCUT2D eigenvalue weighted by Gasteiger charge is 2.23. The minimum Gasteiger partial charge on any atom is -0.375 e. The Hall–Kier alpha value is -1.06. The predicted molar refractivity (Wildman–Crippen MR) is 80.7 cm³/mol. The van der Waals surface area contributed by atoms with Crippen molar-refractivity contribution in [1.82, 2.24) is 5.32 Å². The van der Waals surface area contributed by atoms with E-state index in [1.165, 1.54) is 17.7 Å². The molecule has 0 aromatic heterocycles. The molecule has 2 rings (SSSR count). The number of nitrogens with one attached hydrogen (secondary N) is 1. The molecule has 2 atom stereocenters. The van der Waals surface area contributed by atoms with Crippen LogP contribution in [-0.4, -0.2) is 31.8 Å². The number of anilines is 1. The first kappa shape index (κ1) is 14.4. The standard InChI is InChI=1S/C16H26N2O/c1-4-9-17-10-15-5-7-16(8-6-15)18-11-14(3)19-12-13(18)2/h5-8,13-14,17H,4,9-12H2,1-3H3. The van der Waals surface area contributed by atoms with Crippen LogP contribution in [0.15, 0.2) is 24.3 Å². The monoisotopic (exact) mass is 262 g/mol. The van der Waals surface area contributed by atoms with Gasteiger partial charge in [-0.05, 0) is 44.5 Å². The van der Waals surface area contributed by atoms with Crippen LogP contribution >= 0.6 is 0 Å². The molecule has 3 nitrogen and oxygen atoms in total. The average molecular weight is 262 g/mol. The van der Waals surface area contributed by atoms with E-state index in [9.17, 15) is 0 Å². The molecule has 19 heavy (non-hydrogen) atoms. The molecule has 1 aromatic carbocycles. The van der Waals surface area contributed by atoms with E-state index in [1.807, 2.05) is 0 Å². The Morgan fingerprint density at radius 3 is 2.68 bits per heavy atom. The Kier molecular flexibility index (Phi) is 5.23. The first-order valence-electron chi connectivity index (χ1n) is 7.38. The molecule has 1 N–H and O–H groups in total. The Morgan fingerprint density at radius 2 is 2.00 bits per heavy atom. The Bertz CT molecular complexity index is 377. The molecule has 0 aliphatic carbocycles. The van der Waals surface area contributed by atoms with Gasteiger partial charge in [0.05, 0.1) is 12.7 Å². The summed E-state index contributed by atoms with van der Waals surface area (Å²) in [6.07, 6.45) is 1.50. The largest absolute Gasteiger partial charge is 0.375 e. The second-order valence-corrected chi connectivity index (χ2v) is 5.49. The molecule has 0 radical (unpaired) electrons. The number of benzene rings is 1. The molecule has 1 aromatic rings. The van der Waals surface area contributed by atoms with E-state index in [-0.39, 0.29) is 0 Å². The van der Waals surface area contributed by atoms with Crippen molar-refractivity contribution in [2.45, 2.75) is 45.9 Å². The Morgan fingerprint density at radius 1 is 1.26 bits per heavy atom. The third-order valence-corrected chi connectivity index (χ3v) is 3.63. The van der Waals surface area contributed by atoms with E-state index in [1.54, 1.807) is 0 Å². The van der Waals surface area contributed by atoms with Crippen LogP contribution in [0.4, 0.5) is 5.69 Å². The van der Waals surface area contributed by atoms with Crippen molar-refractivity contribution in [2.75, 3.05) is 24.6 Å². The van der Waals surface area contributed by atoms with Crippen molar-refractivity contribution in [1.29, 1.82) is 0 Å². The fourth-order valence-corrected chi connectivity index (χ4v) is 2.48. The maximum atomic E-state index is 5.68. The highest BCUT2D eigenvalue weighted by atomic mass is 16.5. The van der Waals surface area contributed by atoms with Crippen LogP contribution in [0.3, 0.4) is 0 Å². The lowest BCUT2D eigenvalue weighted by molar-refractivity contribution is 0.0344. The molecule has 1 heterocycles. The summed E-state index contributed by atoms with van der Waals surface area (Å²) in [6, 6.07) is 9.38. The lowest BCUT2D eigenvalue weighted by Gasteiger charge is -2.38. The van der Waals surface area contributed by atoms with E-state index in [2.05, 4.69) is 55.3 Å². The summed E-state index contributed by atoms with van der Waals surface area (Å²) < 4.78 is 5.68. The molecule has 0 spiro atoms. The van der Waals surface area contributed by atoms with Crippen molar-refractivity contribution in [3.8, 4) is 0 Å². The van der Waals surface area contributed by atoms with Gasteiger partial charge in [0.2, 0.25) is 0 Å². The highest BCUT2D eigenvalue weighted by molar-refractivity contribution is 5.49. The summed E-state index contributed by atoms with van der Waals surface area (Å²) in [5.74, 6) is 0. The van der Waals surface area contributed by atoms with Gasteiger partial charge in [-0.25, -0.2) is 0 Å². The molecular formula is C16H26N2O. The van der Waals surface area contributed by atoms with Crippen LogP contribution in [0.5, 0.6) is 0 Å². The van der Waals surface area contributed by atoms with Crippen molar-refractivity contribution in [3.63, 3.8) is 0 Å². The number of hydrogen-bond donors (Lipinski definition) is 1. The van der Waals surface area contributed by atoms with Crippen molar-refractivity contribution >= 4 is 5.69 Å². The number of ether oxygens (including phenoxy) is 1. The maximum Gasteiger partial charge on any atom is 0.0723 e. The molecule has 1 aliphatic rings. The molecular weight excluding hydrogens is 236 g/mol. The molecule has 0 saturated carbocycles. The summed E-state index contributed by atoms with van der Waals surface area (Å²) in [7, 11) is 0. The maximum absolute atomic E-state index is 5.68. The molecule has 106 valence electrons. The van der Waals surface area contributed by atoms with Crippen LogP contribution in [0.25, 0.3) is 0 Å². The van der Waals surface area contributed by atoms with E-state index in [0.717, 1.165) is 26.2 Å². The van der Waals surface area contributed by atoms with E-state index < -0.39 is 0 Å². The average Bonchev–Trinajstić information content (AvgIpc) is 2.43. The van der Waals surface area contributed by atoms with Gasteiger partial charge in [0.15, 0.2) is 0 Å². The number of nitrogens with zero attached hydrogens (tertiary/aromatic N) is 1. The van der Waals surface area contributed by atoms with E-state index in [4.69, 9.17) is 4.74 Å². The van der Waals surface area contributed by atoms with Crippen molar-refractivity contribution in [2.24, 2.45) is 0 Å². The zero-order valence-corrected chi connectivity index (χ0v) is 12.4. The highest BCUT2D eigenvalue weighted by Crippen LogP contribution is 2.22. The molecule has 1 fully saturated rings. The van der Waals surface area contributed by atoms with Gasteiger partial charge in [0.25, 0.3) is 0 Å². The SMILES string of the molecule is CCCNCc1ccc(N2CC(C)OCC2C)cc1. The van der Waals surface area contributed by atoms with Crippen LogP contribution in [0.1, 0.15) is 32.8 Å². The van der Waals surface area contributed by atoms with Gasteiger partial charge in [-0.1, -0.05) is 19.1 Å². The van der Waals surface area contributed by atoms with Crippen molar-refractivity contribution < 1.29 is 4.74 Å². The zero-order chi connectivity index (χ0) is 13.7. The van der Waals surface area contributed by atoms with Crippen LogP contribution < -0.4 is 10.2 Å². The zero-order valence-electron chi connectivity index (χ0n) is 12.4. The first-order valence-corrected chi connectivity index (χ1v) is 7.38.